The summed E-state index contributed by atoms with van der Waals surface area (Å²) in [6.07, 6.45) is 2.06. The summed E-state index contributed by atoms with van der Waals surface area (Å²) >= 11 is 5.98. The van der Waals surface area contributed by atoms with E-state index in [2.05, 4.69) is 10.6 Å². The third-order valence-electron chi connectivity index (χ3n) is 2.85. The summed E-state index contributed by atoms with van der Waals surface area (Å²) in [6.45, 7) is 1.81. The number of rotatable bonds is 5. The molecule has 19 heavy (non-hydrogen) atoms. The molecule has 1 aliphatic rings. The average Bonchev–Trinajstić information content (AvgIpc) is 3.11. The van der Waals surface area contributed by atoms with Crippen LogP contribution in [0.25, 0.3) is 0 Å². The number of hydrogen-bond donors (Lipinski definition) is 2. The predicted octanol–water partition coefficient (Wildman–Crippen LogP) is 2.25. The van der Waals surface area contributed by atoms with Crippen molar-refractivity contribution in [3.05, 3.63) is 32.8 Å². The van der Waals surface area contributed by atoms with Gasteiger partial charge in [0.2, 0.25) is 5.91 Å². The lowest BCUT2D eigenvalue weighted by molar-refractivity contribution is -0.384. The van der Waals surface area contributed by atoms with Crippen LogP contribution < -0.4 is 10.6 Å². The SMILES string of the molecule is Cc1cc([N+](=O)[O-])cc(Cl)c1NCC(=O)NC1CC1. The van der Waals surface area contributed by atoms with Gasteiger partial charge in [0.25, 0.3) is 5.69 Å². The Bertz CT molecular complexity index is 506. The van der Waals surface area contributed by atoms with Crippen LogP contribution in [0.15, 0.2) is 12.1 Å². The number of nitrogens with zero attached hydrogens (tertiary/aromatic N) is 1. The quantitative estimate of drug-likeness (QED) is 0.641. The van der Waals surface area contributed by atoms with Crippen LogP contribution in [0.5, 0.6) is 0 Å². The van der Waals surface area contributed by atoms with Gasteiger partial charge in [-0.1, -0.05) is 11.6 Å². The lowest BCUT2D eigenvalue weighted by Gasteiger charge is -2.11. The zero-order chi connectivity index (χ0) is 14.0. The van der Waals surface area contributed by atoms with E-state index in [9.17, 15) is 14.9 Å². The molecule has 1 aliphatic carbocycles. The molecule has 0 saturated heterocycles. The van der Waals surface area contributed by atoms with E-state index in [0.29, 0.717) is 17.3 Å². The Kier molecular flexibility index (Phi) is 3.90. The molecular weight excluding hydrogens is 270 g/mol. The summed E-state index contributed by atoms with van der Waals surface area (Å²) in [5.74, 6) is -0.101. The fourth-order valence-electron chi connectivity index (χ4n) is 1.73. The third kappa shape index (κ3) is 3.57. The standard InChI is InChI=1S/C12H14ClN3O3/c1-7-4-9(16(18)19)5-10(13)12(7)14-6-11(17)15-8-2-3-8/h4-5,8,14H,2-3,6H2,1H3,(H,15,17). The van der Waals surface area contributed by atoms with Crippen LogP contribution in [-0.4, -0.2) is 23.4 Å². The summed E-state index contributed by atoms with van der Waals surface area (Å²) in [5, 5.41) is 16.7. The number of nitro benzene ring substituents is 1. The van der Waals surface area contributed by atoms with Gasteiger partial charge in [0.1, 0.15) is 0 Å². The number of halogens is 1. The molecule has 0 heterocycles. The Hall–Kier alpha value is -1.82. The molecule has 0 aromatic heterocycles. The fourth-order valence-corrected chi connectivity index (χ4v) is 2.06. The van der Waals surface area contributed by atoms with Gasteiger partial charge in [0.15, 0.2) is 0 Å². The first-order chi connectivity index (χ1) is 8.97. The van der Waals surface area contributed by atoms with Crippen molar-refractivity contribution < 1.29 is 9.72 Å². The van der Waals surface area contributed by atoms with Gasteiger partial charge in [-0.15, -0.1) is 0 Å². The minimum absolute atomic E-state index is 0.0597. The van der Waals surface area contributed by atoms with E-state index >= 15 is 0 Å². The molecule has 0 aliphatic heterocycles. The molecule has 102 valence electrons. The van der Waals surface area contributed by atoms with Crippen LogP contribution in [0.4, 0.5) is 11.4 Å². The van der Waals surface area contributed by atoms with E-state index in [1.807, 2.05) is 0 Å². The Labute approximate surface area is 115 Å². The molecule has 0 spiro atoms. The van der Waals surface area contributed by atoms with Crippen molar-refractivity contribution in [1.82, 2.24) is 5.32 Å². The number of benzene rings is 1. The smallest absolute Gasteiger partial charge is 0.271 e. The molecule has 7 heteroatoms. The van der Waals surface area contributed by atoms with Crippen LogP contribution in [0, 0.1) is 17.0 Å². The molecule has 1 saturated carbocycles. The minimum atomic E-state index is -0.498. The normalized spacial score (nSPS) is 14.0. The van der Waals surface area contributed by atoms with Crippen molar-refractivity contribution in [2.24, 2.45) is 0 Å². The van der Waals surface area contributed by atoms with Crippen LogP contribution in [0.1, 0.15) is 18.4 Å². The number of carbonyl (C=O) groups is 1. The number of nitrogens with one attached hydrogen (secondary N) is 2. The summed E-state index contributed by atoms with van der Waals surface area (Å²) < 4.78 is 0. The van der Waals surface area contributed by atoms with Crippen molar-refractivity contribution in [2.45, 2.75) is 25.8 Å². The Balaban J connectivity index is 2.03. The van der Waals surface area contributed by atoms with Gasteiger partial charge >= 0.3 is 0 Å². The second-order valence-electron chi connectivity index (χ2n) is 4.57. The Morgan fingerprint density at radius 3 is 2.74 bits per heavy atom. The molecule has 0 unspecified atom stereocenters. The first-order valence-corrected chi connectivity index (χ1v) is 6.33. The molecule has 1 amide bonds. The van der Waals surface area contributed by atoms with Crippen molar-refractivity contribution in [2.75, 3.05) is 11.9 Å². The van der Waals surface area contributed by atoms with E-state index in [0.717, 1.165) is 12.8 Å². The largest absolute Gasteiger partial charge is 0.375 e. The molecular formula is C12H14ClN3O3. The maximum atomic E-state index is 11.5. The average molecular weight is 284 g/mol. The van der Waals surface area contributed by atoms with Gasteiger partial charge in [0.05, 0.1) is 22.2 Å². The monoisotopic (exact) mass is 283 g/mol. The van der Waals surface area contributed by atoms with E-state index < -0.39 is 4.92 Å². The van der Waals surface area contributed by atoms with E-state index in [-0.39, 0.29) is 23.2 Å². The highest BCUT2D eigenvalue weighted by Gasteiger charge is 2.23. The van der Waals surface area contributed by atoms with Crippen LogP contribution in [0.2, 0.25) is 5.02 Å². The molecule has 1 fully saturated rings. The highest BCUT2D eigenvalue weighted by atomic mass is 35.5. The van der Waals surface area contributed by atoms with Gasteiger partial charge in [0, 0.05) is 18.2 Å². The number of nitro groups is 1. The van der Waals surface area contributed by atoms with Gasteiger partial charge in [-0.2, -0.15) is 0 Å². The van der Waals surface area contributed by atoms with Crippen molar-refractivity contribution in [3.8, 4) is 0 Å². The van der Waals surface area contributed by atoms with Crippen molar-refractivity contribution >= 4 is 28.9 Å². The minimum Gasteiger partial charge on any atom is -0.375 e. The first kappa shape index (κ1) is 13.6. The molecule has 6 nitrogen and oxygen atoms in total. The van der Waals surface area contributed by atoms with Gasteiger partial charge < -0.3 is 10.6 Å². The lowest BCUT2D eigenvalue weighted by Crippen LogP contribution is -2.31. The zero-order valence-corrected chi connectivity index (χ0v) is 11.2. The molecule has 2 N–H and O–H groups in total. The first-order valence-electron chi connectivity index (χ1n) is 5.95. The molecule has 0 radical (unpaired) electrons. The Morgan fingerprint density at radius 2 is 2.21 bits per heavy atom. The number of non-ortho nitro benzene ring substituents is 1. The maximum Gasteiger partial charge on any atom is 0.271 e. The van der Waals surface area contributed by atoms with E-state index in [4.69, 9.17) is 11.6 Å². The van der Waals surface area contributed by atoms with Crippen molar-refractivity contribution in [3.63, 3.8) is 0 Å². The van der Waals surface area contributed by atoms with Crippen molar-refractivity contribution in [1.29, 1.82) is 0 Å². The maximum absolute atomic E-state index is 11.5. The highest BCUT2D eigenvalue weighted by Crippen LogP contribution is 2.30. The molecule has 1 aromatic rings. The predicted molar refractivity (Wildman–Crippen MR) is 72.5 cm³/mol. The number of anilines is 1. The number of carbonyl (C=O) groups excluding carboxylic acids is 1. The van der Waals surface area contributed by atoms with Crippen LogP contribution in [0.3, 0.4) is 0 Å². The summed E-state index contributed by atoms with van der Waals surface area (Å²) in [7, 11) is 0. The summed E-state index contributed by atoms with van der Waals surface area (Å²) in [4.78, 5) is 21.7. The third-order valence-corrected chi connectivity index (χ3v) is 3.15. The molecule has 1 aromatic carbocycles. The number of hydrogen-bond acceptors (Lipinski definition) is 4. The van der Waals surface area contributed by atoms with Crippen LogP contribution in [-0.2, 0) is 4.79 Å². The zero-order valence-electron chi connectivity index (χ0n) is 10.4. The molecule has 0 atom stereocenters. The summed E-state index contributed by atoms with van der Waals surface area (Å²) in [6, 6.07) is 3.01. The highest BCUT2D eigenvalue weighted by molar-refractivity contribution is 6.33. The second kappa shape index (κ2) is 5.44. The Morgan fingerprint density at radius 1 is 1.53 bits per heavy atom. The van der Waals surface area contributed by atoms with Crippen LogP contribution >= 0.6 is 11.6 Å². The van der Waals surface area contributed by atoms with Gasteiger partial charge in [-0.05, 0) is 25.3 Å². The molecule has 0 bridgehead atoms. The fraction of sp³-hybridized carbons (Fsp3) is 0.417. The van der Waals surface area contributed by atoms with Gasteiger partial charge in [-0.25, -0.2) is 0 Å². The topological polar surface area (TPSA) is 84.3 Å². The molecule has 2 rings (SSSR count). The van der Waals surface area contributed by atoms with E-state index in [1.54, 1.807) is 6.92 Å². The van der Waals surface area contributed by atoms with E-state index in [1.165, 1.54) is 12.1 Å². The second-order valence-corrected chi connectivity index (χ2v) is 4.98. The summed E-state index contributed by atoms with van der Waals surface area (Å²) in [5.41, 5.74) is 1.13. The van der Waals surface area contributed by atoms with Gasteiger partial charge in [-0.3, -0.25) is 14.9 Å². The lowest BCUT2D eigenvalue weighted by atomic mass is 10.1. The number of aryl methyl sites for hydroxylation is 1. The number of amides is 1.